The zero-order valence-corrected chi connectivity index (χ0v) is 18.6. The van der Waals surface area contributed by atoms with E-state index >= 15 is 0 Å². The van der Waals surface area contributed by atoms with Crippen LogP contribution in [0.5, 0.6) is 0 Å². The number of aryl methyl sites for hydroxylation is 1. The number of anilines is 1. The third kappa shape index (κ3) is 1.99. The summed E-state index contributed by atoms with van der Waals surface area (Å²) in [4.78, 5) is 13.4. The molecule has 0 saturated heterocycles. The smallest absolute Gasteiger partial charge is 0.232 e. The second kappa shape index (κ2) is 5.57. The molecule has 0 aromatic heterocycles. The van der Waals surface area contributed by atoms with E-state index in [0.29, 0.717) is 0 Å². The predicted octanol–water partition coefficient (Wildman–Crippen LogP) is 5.93. The molecular formula is C18H22Br3NO. The summed E-state index contributed by atoms with van der Waals surface area (Å²) < 4.78 is 0.200. The van der Waals surface area contributed by atoms with Gasteiger partial charge in [0.25, 0.3) is 0 Å². The van der Waals surface area contributed by atoms with Crippen LogP contribution in [-0.2, 0) is 4.79 Å². The molecule has 1 N–H and O–H groups in total. The van der Waals surface area contributed by atoms with Crippen molar-refractivity contribution in [2.45, 2.75) is 49.1 Å². The van der Waals surface area contributed by atoms with Crippen LogP contribution < -0.4 is 5.32 Å². The molecule has 0 radical (unpaired) electrons. The lowest BCUT2D eigenvalue weighted by molar-refractivity contribution is -0.155. The molecule has 3 aliphatic rings. The number of benzene rings is 1. The van der Waals surface area contributed by atoms with E-state index < -0.39 is 0 Å². The number of hydrogen-bond donors (Lipinski definition) is 1. The molecule has 23 heavy (non-hydrogen) atoms. The Hall–Kier alpha value is 0.130. The minimum absolute atomic E-state index is 0.0615. The van der Waals surface area contributed by atoms with Crippen molar-refractivity contribution in [3.05, 3.63) is 29.3 Å². The Morgan fingerprint density at radius 2 is 1.91 bits per heavy atom. The number of hydrogen-bond acceptors (Lipinski definition) is 1. The monoisotopic (exact) mass is 505 g/mol. The van der Waals surface area contributed by atoms with Gasteiger partial charge in [-0.1, -0.05) is 73.8 Å². The Bertz CT molecular complexity index is 672. The minimum atomic E-state index is -0.358. The first-order chi connectivity index (χ1) is 10.6. The lowest BCUT2D eigenvalue weighted by Crippen LogP contribution is -2.71. The van der Waals surface area contributed by atoms with E-state index in [0.717, 1.165) is 24.1 Å². The number of fused-ring (bicyclic) bond motifs is 1. The van der Waals surface area contributed by atoms with Gasteiger partial charge in [-0.3, -0.25) is 4.79 Å². The van der Waals surface area contributed by atoms with Gasteiger partial charge >= 0.3 is 0 Å². The fraction of sp³-hybridized carbons (Fsp3) is 0.611. The Balaban J connectivity index is 1.94. The maximum atomic E-state index is 13.3. The molecule has 0 spiro atoms. The van der Waals surface area contributed by atoms with Crippen LogP contribution in [-0.4, -0.2) is 14.5 Å². The first kappa shape index (κ1) is 17.9. The second-order valence-corrected chi connectivity index (χ2v) is 11.5. The summed E-state index contributed by atoms with van der Waals surface area (Å²) in [6, 6.07) is 6.07. The van der Waals surface area contributed by atoms with Gasteiger partial charge in [0.2, 0.25) is 5.91 Å². The highest BCUT2D eigenvalue weighted by molar-refractivity contribution is 9.24. The van der Waals surface area contributed by atoms with E-state index in [9.17, 15) is 4.79 Å². The van der Waals surface area contributed by atoms with Crippen molar-refractivity contribution in [3.8, 4) is 0 Å². The lowest BCUT2D eigenvalue weighted by atomic mass is 9.43. The Kier molecular flexibility index (Phi) is 4.34. The first-order valence-corrected chi connectivity index (χ1v) is 10.7. The molecule has 0 heterocycles. The van der Waals surface area contributed by atoms with Crippen LogP contribution in [0.3, 0.4) is 0 Å². The summed E-state index contributed by atoms with van der Waals surface area (Å²) in [5.74, 6) is 0.145. The molecule has 3 aliphatic carbocycles. The Labute approximate surface area is 163 Å². The maximum absolute atomic E-state index is 13.3. The average Bonchev–Trinajstić information content (AvgIpc) is 2.93. The molecule has 1 aromatic rings. The molecule has 0 aliphatic heterocycles. The fourth-order valence-corrected chi connectivity index (χ4v) is 9.73. The Morgan fingerprint density at radius 3 is 2.43 bits per heavy atom. The van der Waals surface area contributed by atoms with Crippen LogP contribution in [0.1, 0.15) is 37.8 Å². The number of alkyl halides is 3. The highest BCUT2D eigenvalue weighted by Crippen LogP contribution is 2.82. The molecule has 3 saturated carbocycles. The molecular weight excluding hydrogens is 486 g/mol. The van der Waals surface area contributed by atoms with E-state index in [1.807, 2.05) is 12.1 Å². The number of rotatable bonds is 3. The zero-order chi connectivity index (χ0) is 17.2. The molecule has 3 atom stereocenters. The van der Waals surface area contributed by atoms with Gasteiger partial charge in [-0.25, -0.2) is 0 Å². The van der Waals surface area contributed by atoms with Gasteiger partial charge < -0.3 is 5.32 Å². The van der Waals surface area contributed by atoms with Gasteiger partial charge in [0.1, 0.15) is 0 Å². The summed E-state index contributed by atoms with van der Waals surface area (Å²) in [6.45, 7) is 8.60. The zero-order valence-electron chi connectivity index (χ0n) is 13.8. The number of carbonyl (C=O) groups is 1. The molecule has 2 nitrogen and oxygen atoms in total. The topological polar surface area (TPSA) is 29.1 Å². The van der Waals surface area contributed by atoms with Crippen LogP contribution in [0.2, 0.25) is 0 Å². The summed E-state index contributed by atoms with van der Waals surface area (Å²) in [5.41, 5.74) is 2.90. The van der Waals surface area contributed by atoms with Crippen LogP contribution in [0.4, 0.5) is 5.69 Å². The SMILES string of the molecule is Cc1cccc(NC(=O)C23CCC(C(Br)Br)(C2Br)C3(C)C)c1C. The van der Waals surface area contributed by atoms with E-state index in [1.165, 1.54) is 5.56 Å². The largest absolute Gasteiger partial charge is 0.325 e. The van der Waals surface area contributed by atoms with Crippen molar-refractivity contribution in [2.75, 3.05) is 5.32 Å². The number of nitrogens with one attached hydrogen (secondary N) is 1. The summed E-state index contributed by atoms with van der Waals surface area (Å²) in [6.07, 6.45) is 1.96. The van der Waals surface area contributed by atoms with Crippen molar-refractivity contribution < 1.29 is 4.79 Å². The number of amides is 1. The standard InChI is InChI=1S/C18H22Br3NO/c1-10-6-5-7-12(11(10)2)22-15(23)18-9-8-17(13(18)19,14(20)21)16(18,3)4/h5-7,13-14H,8-9H2,1-4H3,(H,22,23). The molecule has 1 aromatic carbocycles. The van der Waals surface area contributed by atoms with E-state index in [2.05, 4.69) is 86.9 Å². The highest BCUT2D eigenvalue weighted by Gasteiger charge is 2.83. The average molecular weight is 508 g/mol. The molecule has 1 amide bonds. The van der Waals surface area contributed by atoms with Crippen molar-refractivity contribution >= 4 is 59.4 Å². The lowest BCUT2D eigenvalue weighted by Gasteiger charge is -2.66. The third-order valence-electron chi connectivity index (χ3n) is 6.74. The van der Waals surface area contributed by atoms with E-state index in [1.54, 1.807) is 0 Å². The summed E-state index contributed by atoms with van der Waals surface area (Å²) >= 11 is 11.3. The number of carbonyl (C=O) groups excluding carboxylic acids is 1. The fourth-order valence-electron chi connectivity index (χ4n) is 4.82. The van der Waals surface area contributed by atoms with E-state index in [4.69, 9.17) is 0 Å². The van der Waals surface area contributed by atoms with Crippen LogP contribution in [0, 0.1) is 30.1 Å². The van der Waals surface area contributed by atoms with Gasteiger partial charge in [-0.15, -0.1) is 0 Å². The summed E-state index contributed by atoms with van der Waals surface area (Å²) in [7, 11) is 0. The minimum Gasteiger partial charge on any atom is -0.325 e. The molecule has 3 unspecified atom stereocenters. The molecule has 3 fully saturated rings. The van der Waals surface area contributed by atoms with Gasteiger partial charge in [0, 0.05) is 15.9 Å². The van der Waals surface area contributed by atoms with Crippen LogP contribution in [0.15, 0.2) is 18.2 Å². The summed E-state index contributed by atoms with van der Waals surface area (Å²) in [5, 5.41) is 3.21. The predicted molar refractivity (Wildman–Crippen MR) is 107 cm³/mol. The van der Waals surface area contributed by atoms with Gasteiger partial charge in [0.05, 0.1) is 9.15 Å². The van der Waals surface area contributed by atoms with Crippen molar-refractivity contribution in [1.29, 1.82) is 0 Å². The normalized spacial score (nSPS) is 34.3. The third-order valence-corrected chi connectivity index (χ3v) is 9.98. The molecule has 2 bridgehead atoms. The van der Waals surface area contributed by atoms with Gasteiger partial charge in [-0.05, 0) is 49.3 Å². The van der Waals surface area contributed by atoms with E-state index in [-0.39, 0.29) is 30.7 Å². The first-order valence-electron chi connectivity index (χ1n) is 7.93. The second-order valence-electron chi connectivity index (χ2n) is 7.50. The molecule has 4 rings (SSSR count). The van der Waals surface area contributed by atoms with Crippen molar-refractivity contribution in [1.82, 2.24) is 0 Å². The molecule has 126 valence electrons. The van der Waals surface area contributed by atoms with Crippen LogP contribution >= 0.6 is 47.8 Å². The van der Waals surface area contributed by atoms with Crippen LogP contribution in [0.25, 0.3) is 0 Å². The quantitative estimate of drug-likeness (QED) is 0.505. The van der Waals surface area contributed by atoms with Gasteiger partial charge in [0.15, 0.2) is 0 Å². The maximum Gasteiger partial charge on any atom is 0.232 e. The van der Waals surface area contributed by atoms with Crippen molar-refractivity contribution in [2.24, 2.45) is 16.2 Å². The van der Waals surface area contributed by atoms with Gasteiger partial charge in [-0.2, -0.15) is 0 Å². The highest BCUT2D eigenvalue weighted by atomic mass is 79.9. The Morgan fingerprint density at radius 1 is 1.26 bits per heavy atom. The van der Waals surface area contributed by atoms with Crippen molar-refractivity contribution in [3.63, 3.8) is 0 Å². The molecule has 5 heteroatoms. The number of halogens is 3.